The van der Waals surface area contributed by atoms with Crippen LogP contribution in [0.1, 0.15) is 5.69 Å². The number of hydrogen-bond donors (Lipinski definition) is 2. The van der Waals surface area contributed by atoms with Crippen molar-refractivity contribution in [1.82, 2.24) is 9.78 Å². The number of nitrogens with two attached hydrogens (primary N) is 1. The molecule has 1 aromatic heterocycles. The summed E-state index contributed by atoms with van der Waals surface area (Å²) in [4.78, 5) is 11.9. The lowest BCUT2D eigenvalue weighted by molar-refractivity contribution is -0.116. The van der Waals surface area contributed by atoms with Gasteiger partial charge in [0.1, 0.15) is 6.54 Å². The van der Waals surface area contributed by atoms with Crippen LogP contribution in [-0.2, 0) is 11.3 Å². The van der Waals surface area contributed by atoms with Gasteiger partial charge in [0.2, 0.25) is 5.91 Å². The smallest absolute Gasteiger partial charge is 0.246 e. The highest BCUT2D eigenvalue weighted by Gasteiger charge is 2.09. The van der Waals surface area contributed by atoms with Crippen LogP contribution in [0.5, 0.6) is 0 Å². The first-order valence-electron chi connectivity index (χ1n) is 5.50. The summed E-state index contributed by atoms with van der Waals surface area (Å²) in [6, 6.07) is 5.18. The molecule has 0 spiro atoms. The Morgan fingerprint density at radius 3 is 2.89 bits per heavy atom. The Balaban J connectivity index is 2.05. The van der Waals surface area contributed by atoms with Gasteiger partial charge in [-0.1, -0.05) is 11.6 Å². The van der Waals surface area contributed by atoms with Crippen molar-refractivity contribution in [3.8, 4) is 0 Å². The lowest BCUT2D eigenvalue weighted by atomic mass is 10.3. The summed E-state index contributed by atoms with van der Waals surface area (Å²) < 4.78 is 2.23. The first-order valence-corrected chi connectivity index (χ1v) is 6.67. The number of aryl methyl sites for hydroxylation is 1. The Hall–Kier alpha value is -1.53. The van der Waals surface area contributed by atoms with Gasteiger partial charge in [-0.25, -0.2) is 0 Å². The van der Waals surface area contributed by atoms with E-state index in [-0.39, 0.29) is 12.5 Å². The van der Waals surface area contributed by atoms with Crippen molar-refractivity contribution >= 4 is 44.8 Å². The molecule has 2 rings (SSSR count). The predicted molar refractivity (Wildman–Crippen MR) is 79.2 cm³/mol. The molecular weight excluding hydrogens is 332 g/mol. The van der Waals surface area contributed by atoms with Gasteiger partial charge < -0.3 is 11.1 Å². The molecule has 19 heavy (non-hydrogen) atoms. The molecule has 7 heteroatoms. The van der Waals surface area contributed by atoms with Crippen LogP contribution in [0.2, 0.25) is 5.02 Å². The maximum absolute atomic E-state index is 11.9. The SMILES string of the molecule is Cc1nn(CC(=O)Nc2ccc(N)cc2Br)cc1Cl. The number of amides is 1. The molecule has 3 N–H and O–H groups in total. The van der Waals surface area contributed by atoms with Crippen LogP contribution < -0.4 is 11.1 Å². The molecule has 5 nitrogen and oxygen atoms in total. The number of nitrogens with one attached hydrogen (secondary N) is 1. The van der Waals surface area contributed by atoms with E-state index in [1.807, 2.05) is 0 Å². The van der Waals surface area contributed by atoms with E-state index in [4.69, 9.17) is 17.3 Å². The van der Waals surface area contributed by atoms with E-state index >= 15 is 0 Å². The van der Waals surface area contributed by atoms with Gasteiger partial charge in [-0.05, 0) is 41.1 Å². The second kappa shape index (κ2) is 5.63. The van der Waals surface area contributed by atoms with Crippen LogP contribution in [0, 0.1) is 6.92 Å². The maximum Gasteiger partial charge on any atom is 0.246 e. The largest absolute Gasteiger partial charge is 0.399 e. The third-order valence-corrected chi connectivity index (χ3v) is 3.49. The van der Waals surface area contributed by atoms with E-state index in [1.54, 1.807) is 31.3 Å². The summed E-state index contributed by atoms with van der Waals surface area (Å²) in [5.74, 6) is -0.190. The predicted octanol–water partition coefficient (Wildman–Crippen LogP) is 2.83. The molecule has 1 aromatic carbocycles. The van der Waals surface area contributed by atoms with Gasteiger partial charge in [-0.2, -0.15) is 5.10 Å². The first kappa shape index (κ1) is 13.9. The molecule has 1 amide bonds. The fraction of sp³-hybridized carbons (Fsp3) is 0.167. The molecule has 0 fully saturated rings. The highest BCUT2D eigenvalue weighted by Crippen LogP contribution is 2.24. The molecule has 0 bridgehead atoms. The summed E-state index contributed by atoms with van der Waals surface area (Å²) in [6.07, 6.45) is 1.62. The number of carbonyl (C=O) groups excluding carboxylic acids is 1. The molecule has 0 radical (unpaired) electrons. The van der Waals surface area contributed by atoms with Crippen LogP contribution in [0.3, 0.4) is 0 Å². The van der Waals surface area contributed by atoms with Gasteiger partial charge in [-0.3, -0.25) is 9.48 Å². The maximum atomic E-state index is 11.9. The van der Waals surface area contributed by atoms with Crippen molar-refractivity contribution in [2.45, 2.75) is 13.5 Å². The Morgan fingerprint density at radius 2 is 2.32 bits per heavy atom. The molecule has 0 aliphatic carbocycles. The number of nitrogen functional groups attached to an aromatic ring is 1. The Morgan fingerprint density at radius 1 is 1.58 bits per heavy atom. The van der Waals surface area contributed by atoms with E-state index in [1.165, 1.54) is 4.68 Å². The van der Waals surface area contributed by atoms with E-state index in [9.17, 15) is 4.79 Å². The van der Waals surface area contributed by atoms with E-state index in [0.717, 1.165) is 4.47 Å². The van der Waals surface area contributed by atoms with Gasteiger partial charge in [0.15, 0.2) is 0 Å². The van der Waals surface area contributed by atoms with E-state index in [0.29, 0.717) is 22.1 Å². The number of carbonyl (C=O) groups is 1. The van der Waals surface area contributed by atoms with Crippen molar-refractivity contribution in [3.63, 3.8) is 0 Å². The monoisotopic (exact) mass is 342 g/mol. The molecule has 100 valence electrons. The standard InChI is InChI=1S/C12H12BrClN4O/c1-7-10(14)5-18(17-7)6-12(19)16-11-3-2-8(15)4-9(11)13/h2-5H,6,15H2,1H3,(H,16,19). The van der Waals surface area contributed by atoms with Crippen molar-refractivity contribution in [2.24, 2.45) is 0 Å². The van der Waals surface area contributed by atoms with Gasteiger partial charge in [-0.15, -0.1) is 0 Å². The highest BCUT2D eigenvalue weighted by molar-refractivity contribution is 9.10. The fourth-order valence-electron chi connectivity index (χ4n) is 1.54. The van der Waals surface area contributed by atoms with Crippen molar-refractivity contribution in [1.29, 1.82) is 0 Å². The number of halogens is 2. The fourth-order valence-corrected chi connectivity index (χ4v) is 2.19. The van der Waals surface area contributed by atoms with Gasteiger partial charge >= 0.3 is 0 Å². The summed E-state index contributed by atoms with van der Waals surface area (Å²) in [5, 5.41) is 7.43. The topological polar surface area (TPSA) is 72.9 Å². The Labute approximate surface area is 123 Å². The molecule has 0 saturated heterocycles. The second-order valence-corrected chi connectivity index (χ2v) is 5.31. The van der Waals surface area contributed by atoms with Crippen molar-refractivity contribution < 1.29 is 4.79 Å². The normalized spacial score (nSPS) is 10.5. The van der Waals surface area contributed by atoms with E-state index in [2.05, 4.69) is 26.3 Å². The lowest BCUT2D eigenvalue weighted by Crippen LogP contribution is -2.19. The Bertz CT molecular complexity index is 607. The first-order chi connectivity index (χ1) is 8.95. The average molecular weight is 344 g/mol. The third kappa shape index (κ3) is 3.48. The minimum absolute atomic E-state index is 0.102. The number of nitrogens with zero attached hydrogens (tertiary/aromatic N) is 2. The average Bonchev–Trinajstić information content (AvgIpc) is 2.62. The van der Waals surface area contributed by atoms with Gasteiger partial charge in [0.25, 0.3) is 0 Å². The van der Waals surface area contributed by atoms with Crippen LogP contribution >= 0.6 is 27.5 Å². The summed E-state index contributed by atoms with van der Waals surface area (Å²) in [7, 11) is 0. The van der Waals surface area contributed by atoms with Gasteiger partial charge in [0.05, 0.1) is 16.4 Å². The third-order valence-electron chi connectivity index (χ3n) is 2.46. The molecular formula is C12H12BrClN4O. The highest BCUT2D eigenvalue weighted by atomic mass is 79.9. The molecule has 0 aliphatic heterocycles. The molecule has 0 atom stereocenters. The molecule has 1 heterocycles. The second-order valence-electron chi connectivity index (χ2n) is 4.05. The number of rotatable bonds is 3. The number of benzene rings is 1. The van der Waals surface area contributed by atoms with Crippen molar-refractivity contribution in [2.75, 3.05) is 11.1 Å². The van der Waals surface area contributed by atoms with Crippen LogP contribution in [0.4, 0.5) is 11.4 Å². The molecule has 0 unspecified atom stereocenters. The van der Waals surface area contributed by atoms with Crippen LogP contribution in [0.15, 0.2) is 28.9 Å². The summed E-state index contributed by atoms with van der Waals surface area (Å²) in [5.41, 5.74) is 7.61. The van der Waals surface area contributed by atoms with Crippen molar-refractivity contribution in [3.05, 3.63) is 39.6 Å². The number of anilines is 2. The minimum atomic E-state index is -0.190. The zero-order valence-electron chi connectivity index (χ0n) is 10.2. The summed E-state index contributed by atoms with van der Waals surface area (Å²) in [6.45, 7) is 1.89. The van der Waals surface area contributed by atoms with Gasteiger partial charge in [0, 0.05) is 16.4 Å². The van der Waals surface area contributed by atoms with E-state index < -0.39 is 0 Å². The number of hydrogen-bond acceptors (Lipinski definition) is 3. The van der Waals surface area contributed by atoms with Crippen LogP contribution in [0.25, 0.3) is 0 Å². The number of aromatic nitrogens is 2. The lowest BCUT2D eigenvalue weighted by Gasteiger charge is -2.08. The molecule has 0 aliphatic rings. The quantitative estimate of drug-likeness (QED) is 0.842. The zero-order valence-corrected chi connectivity index (χ0v) is 12.5. The molecule has 2 aromatic rings. The summed E-state index contributed by atoms with van der Waals surface area (Å²) >= 11 is 9.22. The zero-order chi connectivity index (χ0) is 14.0. The van der Waals surface area contributed by atoms with Crippen LogP contribution in [-0.4, -0.2) is 15.7 Å². The minimum Gasteiger partial charge on any atom is -0.399 e. The molecule has 0 saturated carbocycles. The Kier molecular flexibility index (Phi) is 4.11.